The minimum Gasteiger partial charge on any atom is -0.399 e. The summed E-state index contributed by atoms with van der Waals surface area (Å²) in [6.07, 6.45) is 7.74. The molecule has 0 spiro atoms. The quantitative estimate of drug-likeness (QED) is 0.481. The number of nitrogens with two attached hydrogens (primary N) is 1. The molecule has 22 heavy (non-hydrogen) atoms. The third kappa shape index (κ3) is 4.66. The van der Waals surface area contributed by atoms with Crippen molar-refractivity contribution in [1.82, 2.24) is 0 Å². The minimum atomic E-state index is 0.836. The van der Waals surface area contributed by atoms with Crippen molar-refractivity contribution in [2.75, 3.05) is 23.7 Å². The van der Waals surface area contributed by atoms with Gasteiger partial charge in [-0.15, -0.1) is 0 Å². The molecule has 2 aromatic rings. The van der Waals surface area contributed by atoms with Crippen molar-refractivity contribution >= 4 is 22.1 Å². The highest BCUT2D eigenvalue weighted by Crippen LogP contribution is 2.24. The first-order valence-corrected chi connectivity index (χ1v) is 8.79. The third-order valence-corrected chi connectivity index (χ3v) is 4.28. The fourth-order valence-corrected chi connectivity index (χ4v) is 2.92. The summed E-state index contributed by atoms with van der Waals surface area (Å²) in [5.74, 6) is 0. The summed E-state index contributed by atoms with van der Waals surface area (Å²) in [4.78, 5) is 2.56. The molecule has 2 N–H and O–H groups in total. The van der Waals surface area contributed by atoms with Gasteiger partial charge in [0.1, 0.15) is 0 Å². The third-order valence-electron chi connectivity index (χ3n) is 4.28. The predicted molar refractivity (Wildman–Crippen MR) is 99.6 cm³/mol. The van der Waals surface area contributed by atoms with Crippen LogP contribution in [0.15, 0.2) is 36.4 Å². The fourth-order valence-electron chi connectivity index (χ4n) is 2.92. The molecule has 0 aliphatic rings. The number of anilines is 2. The maximum Gasteiger partial charge on any atom is 0.0372 e. The Hall–Kier alpha value is -1.70. The minimum absolute atomic E-state index is 0.836. The molecule has 0 saturated carbocycles. The number of unbranched alkanes of at least 4 members (excludes halogenated alkanes) is 4. The van der Waals surface area contributed by atoms with Crippen LogP contribution in [0.4, 0.5) is 11.4 Å². The highest BCUT2D eigenvalue weighted by atomic mass is 15.1. The fraction of sp³-hybridized carbons (Fsp3) is 0.500. The lowest BCUT2D eigenvalue weighted by Gasteiger charge is -2.25. The van der Waals surface area contributed by atoms with Gasteiger partial charge in [-0.1, -0.05) is 51.7 Å². The van der Waals surface area contributed by atoms with Crippen LogP contribution in [0.1, 0.15) is 52.4 Å². The van der Waals surface area contributed by atoms with Gasteiger partial charge in [0.25, 0.3) is 0 Å². The largest absolute Gasteiger partial charge is 0.399 e. The normalized spacial score (nSPS) is 11.0. The first-order valence-electron chi connectivity index (χ1n) is 8.79. The molecule has 0 aliphatic carbocycles. The predicted octanol–water partition coefficient (Wildman–Crippen LogP) is 5.61. The van der Waals surface area contributed by atoms with Crippen LogP contribution in [0, 0.1) is 0 Å². The van der Waals surface area contributed by atoms with Gasteiger partial charge < -0.3 is 10.6 Å². The van der Waals surface area contributed by atoms with E-state index in [0.29, 0.717) is 0 Å². The van der Waals surface area contributed by atoms with E-state index in [1.54, 1.807) is 0 Å². The summed E-state index contributed by atoms with van der Waals surface area (Å²) in [7, 11) is 0. The van der Waals surface area contributed by atoms with E-state index in [0.717, 1.165) is 18.8 Å². The number of nitrogen functional groups attached to an aromatic ring is 1. The van der Waals surface area contributed by atoms with Gasteiger partial charge in [0, 0.05) is 24.5 Å². The number of nitrogens with zero attached hydrogens (tertiary/aromatic N) is 1. The van der Waals surface area contributed by atoms with Gasteiger partial charge in [0.15, 0.2) is 0 Å². The number of hydrogen-bond acceptors (Lipinski definition) is 2. The average Bonchev–Trinajstić information content (AvgIpc) is 2.53. The number of hydrogen-bond donors (Lipinski definition) is 1. The lowest BCUT2D eigenvalue weighted by Crippen LogP contribution is -2.25. The summed E-state index contributed by atoms with van der Waals surface area (Å²) < 4.78 is 0. The van der Waals surface area contributed by atoms with Gasteiger partial charge in [-0.3, -0.25) is 0 Å². The van der Waals surface area contributed by atoms with E-state index in [1.165, 1.54) is 55.0 Å². The van der Waals surface area contributed by atoms with Crippen molar-refractivity contribution in [2.24, 2.45) is 0 Å². The molecular weight excluding hydrogens is 268 g/mol. The molecule has 0 fully saturated rings. The number of fused-ring (bicyclic) bond motifs is 1. The van der Waals surface area contributed by atoms with E-state index in [-0.39, 0.29) is 0 Å². The smallest absolute Gasteiger partial charge is 0.0372 e. The Balaban J connectivity index is 2.15. The SMILES string of the molecule is CCCCCN(CCCCC)c1ccc2cc(N)ccc2c1. The zero-order chi connectivity index (χ0) is 15.8. The molecule has 0 aliphatic heterocycles. The molecule has 0 aromatic heterocycles. The van der Waals surface area contributed by atoms with E-state index < -0.39 is 0 Å². The van der Waals surface area contributed by atoms with Crippen molar-refractivity contribution in [3.8, 4) is 0 Å². The second kappa shape index (κ2) is 8.67. The molecule has 0 unspecified atom stereocenters. The van der Waals surface area contributed by atoms with Gasteiger partial charge in [0.2, 0.25) is 0 Å². The second-order valence-electron chi connectivity index (χ2n) is 6.19. The zero-order valence-electron chi connectivity index (χ0n) is 14.1. The summed E-state index contributed by atoms with van der Waals surface area (Å²) in [5, 5.41) is 2.51. The van der Waals surface area contributed by atoms with E-state index in [4.69, 9.17) is 5.73 Å². The van der Waals surface area contributed by atoms with Gasteiger partial charge in [0.05, 0.1) is 0 Å². The lowest BCUT2D eigenvalue weighted by molar-refractivity contribution is 0.637. The molecule has 2 rings (SSSR count). The summed E-state index contributed by atoms with van der Waals surface area (Å²) >= 11 is 0. The molecule has 2 heteroatoms. The summed E-state index contributed by atoms with van der Waals surface area (Å²) in [6.45, 7) is 6.86. The van der Waals surface area contributed by atoms with Crippen LogP contribution in [0.2, 0.25) is 0 Å². The van der Waals surface area contributed by atoms with Crippen LogP contribution in [0.5, 0.6) is 0 Å². The Morgan fingerprint density at radius 2 is 1.36 bits per heavy atom. The lowest BCUT2D eigenvalue weighted by atomic mass is 10.1. The van der Waals surface area contributed by atoms with E-state index in [9.17, 15) is 0 Å². The Kier molecular flexibility index (Phi) is 6.57. The Labute approximate surface area is 135 Å². The zero-order valence-corrected chi connectivity index (χ0v) is 14.1. The molecular formula is C20H30N2. The Bertz CT molecular complexity index is 567. The van der Waals surface area contributed by atoms with Crippen molar-refractivity contribution in [2.45, 2.75) is 52.4 Å². The monoisotopic (exact) mass is 298 g/mol. The molecule has 2 nitrogen and oxygen atoms in total. The van der Waals surface area contributed by atoms with Crippen molar-refractivity contribution in [3.05, 3.63) is 36.4 Å². The standard InChI is InChI=1S/C20H30N2/c1-3-5-7-13-22(14-8-6-4-2)20-12-10-17-15-19(21)11-9-18(17)16-20/h9-12,15-16H,3-8,13-14,21H2,1-2H3. The van der Waals surface area contributed by atoms with Crippen molar-refractivity contribution < 1.29 is 0 Å². The molecule has 2 aromatic carbocycles. The molecule has 0 saturated heterocycles. The molecule has 0 radical (unpaired) electrons. The highest BCUT2D eigenvalue weighted by molar-refractivity contribution is 5.88. The van der Waals surface area contributed by atoms with Gasteiger partial charge in [-0.05, 0) is 47.9 Å². The van der Waals surface area contributed by atoms with Gasteiger partial charge in [-0.2, -0.15) is 0 Å². The van der Waals surface area contributed by atoms with Crippen LogP contribution in [-0.2, 0) is 0 Å². The van der Waals surface area contributed by atoms with Gasteiger partial charge >= 0.3 is 0 Å². The molecule has 0 heterocycles. The van der Waals surface area contributed by atoms with E-state index in [2.05, 4.69) is 49.1 Å². The Morgan fingerprint density at radius 1 is 0.773 bits per heavy atom. The van der Waals surface area contributed by atoms with Crippen LogP contribution < -0.4 is 10.6 Å². The Morgan fingerprint density at radius 3 is 2.00 bits per heavy atom. The maximum atomic E-state index is 5.87. The second-order valence-corrected chi connectivity index (χ2v) is 6.19. The van der Waals surface area contributed by atoms with E-state index in [1.807, 2.05) is 6.07 Å². The van der Waals surface area contributed by atoms with Crippen LogP contribution >= 0.6 is 0 Å². The number of benzene rings is 2. The topological polar surface area (TPSA) is 29.3 Å². The molecule has 0 bridgehead atoms. The summed E-state index contributed by atoms with van der Waals surface area (Å²) in [6, 6.07) is 12.9. The van der Waals surface area contributed by atoms with Crippen LogP contribution in [-0.4, -0.2) is 13.1 Å². The first-order chi connectivity index (χ1) is 10.7. The van der Waals surface area contributed by atoms with Crippen LogP contribution in [0.3, 0.4) is 0 Å². The number of rotatable bonds is 9. The van der Waals surface area contributed by atoms with Crippen molar-refractivity contribution in [1.29, 1.82) is 0 Å². The molecule has 120 valence electrons. The molecule has 0 amide bonds. The van der Waals surface area contributed by atoms with Crippen LogP contribution in [0.25, 0.3) is 10.8 Å². The highest BCUT2D eigenvalue weighted by Gasteiger charge is 2.07. The van der Waals surface area contributed by atoms with Crippen molar-refractivity contribution in [3.63, 3.8) is 0 Å². The van der Waals surface area contributed by atoms with Gasteiger partial charge in [-0.25, -0.2) is 0 Å². The molecule has 0 atom stereocenters. The summed E-state index contributed by atoms with van der Waals surface area (Å²) in [5.41, 5.74) is 8.06. The first kappa shape index (κ1) is 16.7. The maximum absolute atomic E-state index is 5.87. The average molecular weight is 298 g/mol. The van der Waals surface area contributed by atoms with E-state index >= 15 is 0 Å².